The number of halogens is 3. The van der Waals surface area contributed by atoms with E-state index in [1.54, 1.807) is 13.0 Å². The van der Waals surface area contributed by atoms with E-state index in [0.29, 0.717) is 24.0 Å². The zero-order chi connectivity index (χ0) is 21.3. The Bertz CT molecular complexity index is 896. The summed E-state index contributed by atoms with van der Waals surface area (Å²) in [6.45, 7) is 1.59. The Hall–Kier alpha value is -2.88. The van der Waals surface area contributed by atoms with Crippen molar-refractivity contribution in [2.75, 3.05) is 7.11 Å². The van der Waals surface area contributed by atoms with Crippen LogP contribution in [-0.2, 0) is 16.1 Å². The molecule has 29 heavy (non-hydrogen) atoms. The van der Waals surface area contributed by atoms with Gasteiger partial charge in [-0.25, -0.2) is 9.67 Å². The van der Waals surface area contributed by atoms with Crippen LogP contribution in [0.5, 0.6) is 5.75 Å². The topological polar surface area (TPSA) is 86.5 Å². The van der Waals surface area contributed by atoms with E-state index in [1.807, 2.05) is 0 Å². The van der Waals surface area contributed by atoms with Gasteiger partial charge in [-0.1, -0.05) is 18.2 Å². The molecule has 2 aromatic rings. The largest absolute Gasteiger partial charge is 0.573 e. The smallest absolute Gasteiger partial charge is 0.469 e. The Balaban J connectivity index is 1.95. The molecule has 2 atom stereocenters. The number of ether oxygens (including phenoxy) is 2. The van der Waals surface area contributed by atoms with Crippen LogP contribution in [0.25, 0.3) is 6.08 Å². The van der Waals surface area contributed by atoms with Gasteiger partial charge in [0.15, 0.2) is 0 Å². The van der Waals surface area contributed by atoms with Crippen LogP contribution in [0.4, 0.5) is 13.2 Å². The fourth-order valence-corrected chi connectivity index (χ4v) is 3.63. The first kappa shape index (κ1) is 20.8. The second-order valence-corrected chi connectivity index (χ2v) is 7.06. The number of benzene rings is 1. The maximum Gasteiger partial charge on any atom is 0.573 e. The molecule has 0 bridgehead atoms. The van der Waals surface area contributed by atoms with Gasteiger partial charge in [-0.3, -0.25) is 4.79 Å². The number of carbonyl (C=O) groups is 1. The Kier molecular flexibility index (Phi) is 5.40. The second-order valence-electron chi connectivity index (χ2n) is 7.06. The van der Waals surface area contributed by atoms with E-state index in [-0.39, 0.29) is 12.3 Å². The van der Waals surface area contributed by atoms with Gasteiger partial charge >= 0.3 is 12.3 Å². The fourth-order valence-electron chi connectivity index (χ4n) is 3.63. The highest BCUT2D eigenvalue weighted by Crippen LogP contribution is 2.51. The molecule has 1 aliphatic rings. The molecule has 2 unspecified atom stereocenters. The van der Waals surface area contributed by atoms with Crippen molar-refractivity contribution < 1.29 is 32.5 Å². The van der Waals surface area contributed by atoms with Gasteiger partial charge < -0.3 is 14.6 Å². The normalized spacial score (nSPS) is 25.9. The van der Waals surface area contributed by atoms with Gasteiger partial charge in [-0.05, 0) is 43.0 Å². The molecule has 0 aliphatic heterocycles. The summed E-state index contributed by atoms with van der Waals surface area (Å²) < 4.78 is 47.2. The van der Waals surface area contributed by atoms with Crippen molar-refractivity contribution >= 4 is 12.0 Å². The summed E-state index contributed by atoms with van der Waals surface area (Å²) in [5.74, 6) is -0.902. The average molecular weight is 411 g/mol. The van der Waals surface area contributed by atoms with E-state index < -0.39 is 23.3 Å². The molecular weight excluding hydrogens is 391 g/mol. The van der Waals surface area contributed by atoms with Gasteiger partial charge in [-0.15, -0.1) is 13.2 Å². The summed E-state index contributed by atoms with van der Waals surface area (Å²) in [5, 5.41) is 15.6. The number of aliphatic hydroxyl groups is 1. The van der Waals surface area contributed by atoms with Crippen LogP contribution in [0.15, 0.2) is 42.5 Å². The van der Waals surface area contributed by atoms with Crippen LogP contribution in [0, 0.1) is 5.41 Å². The standard InChI is InChI=1S/C19H20F3N3O4/c1-17(16(26)28-2)8-7-14(18(17,27)10-25-12-23-11-24-25)9-13-3-5-15(6-4-13)29-19(20,21)22/h3-6,9,11-12,27H,7-8,10H2,1-2H3/b14-9+. The molecule has 1 heterocycles. The Morgan fingerprint density at radius 3 is 2.59 bits per heavy atom. The zero-order valence-corrected chi connectivity index (χ0v) is 15.8. The number of rotatable bonds is 5. The molecule has 1 aromatic carbocycles. The summed E-state index contributed by atoms with van der Waals surface area (Å²) in [4.78, 5) is 16.3. The molecule has 3 rings (SSSR count). The molecule has 1 saturated carbocycles. The quantitative estimate of drug-likeness (QED) is 0.762. The molecule has 1 fully saturated rings. The number of methoxy groups -OCH3 is 1. The van der Waals surface area contributed by atoms with Gasteiger partial charge in [0, 0.05) is 0 Å². The molecule has 0 amide bonds. The lowest BCUT2D eigenvalue weighted by Crippen LogP contribution is -2.51. The minimum absolute atomic E-state index is 0.0281. The van der Waals surface area contributed by atoms with Gasteiger partial charge in [0.25, 0.3) is 0 Å². The predicted octanol–water partition coefficient (Wildman–Crippen LogP) is 2.96. The van der Waals surface area contributed by atoms with Crippen LogP contribution < -0.4 is 4.74 Å². The van der Waals surface area contributed by atoms with Crippen molar-refractivity contribution in [2.24, 2.45) is 5.41 Å². The summed E-state index contributed by atoms with van der Waals surface area (Å²) in [6, 6.07) is 5.26. The Morgan fingerprint density at radius 1 is 1.34 bits per heavy atom. The molecule has 156 valence electrons. The van der Waals surface area contributed by atoms with Crippen LogP contribution >= 0.6 is 0 Å². The Morgan fingerprint density at radius 2 is 2.03 bits per heavy atom. The van der Waals surface area contributed by atoms with Crippen molar-refractivity contribution in [1.29, 1.82) is 0 Å². The third kappa shape index (κ3) is 4.12. The fraction of sp³-hybridized carbons (Fsp3) is 0.421. The van der Waals surface area contributed by atoms with Gasteiger partial charge in [-0.2, -0.15) is 5.10 Å². The molecular formula is C19H20F3N3O4. The Labute approximate surface area is 164 Å². The molecule has 0 radical (unpaired) electrons. The van der Waals surface area contributed by atoms with Gasteiger partial charge in [0.05, 0.1) is 19.1 Å². The van der Waals surface area contributed by atoms with Crippen molar-refractivity contribution in [3.05, 3.63) is 48.1 Å². The minimum atomic E-state index is -4.77. The number of alkyl halides is 3. The summed E-state index contributed by atoms with van der Waals surface area (Å²) in [6.07, 6.45) is 0.364. The number of hydrogen-bond donors (Lipinski definition) is 1. The highest BCUT2D eigenvalue weighted by Gasteiger charge is 2.59. The van der Waals surface area contributed by atoms with Crippen molar-refractivity contribution in [3.63, 3.8) is 0 Å². The minimum Gasteiger partial charge on any atom is -0.469 e. The van der Waals surface area contributed by atoms with Crippen LogP contribution in [0.1, 0.15) is 25.3 Å². The highest BCUT2D eigenvalue weighted by molar-refractivity contribution is 5.81. The molecule has 1 N–H and O–H groups in total. The SMILES string of the molecule is COC(=O)C1(C)CC/C(=C\c2ccc(OC(F)(F)F)cc2)C1(O)Cn1cncn1. The van der Waals surface area contributed by atoms with Crippen LogP contribution in [0.2, 0.25) is 0 Å². The van der Waals surface area contributed by atoms with Crippen molar-refractivity contribution in [3.8, 4) is 5.75 Å². The van der Waals surface area contributed by atoms with E-state index >= 15 is 0 Å². The lowest BCUT2D eigenvalue weighted by Gasteiger charge is -2.37. The van der Waals surface area contributed by atoms with Gasteiger partial charge in [0.2, 0.25) is 0 Å². The second kappa shape index (κ2) is 7.51. The van der Waals surface area contributed by atoms with Crippen LogP contribution in [-0.4, -0.2) is 44.9 Å². The highest BCUT2D eigenvalue weighted by atomic mass is 19.4. The van der Waals surface area contributed by atoms with Crippen LogP contribution in [0.3, 0.4) is 0 Å². The monoisotopic (exact) mass is 411 g/mol. The predicted molar refractivity (Wildman–Crippen MR) is 95.4 cm³/mol. The first-order chi connectivity index (χ1) is 13.6. The number of esters is 1. The zero-order valence-electron chi connectivity index (χ0n) is 15.8. The molecule has 0 saturated heterocycles. The summed E-state index contributed by atoms with van der Waals surface area (Å²) in [5.41, 5.74) is -1.74. The number of hydrogen-bond acceptors (Lipinski definition) is 6. The first-order valence-corrected chi connectivity index (χ1v) is 8.77. The number of nitrogens with zero attached hydrogens (tertiary/aromatic N) is 3. The first-order valence-electron chi connectivity index (χ1n) is 8.77. The van der Waals surface area contributed by atoms with E-state index in [2.05, 4.69) is 14.8 Å². The van der Waals surface area contributed by atoms with Gasteiger partial charge in [0.1, 0.15) is 24.0 Å². The third-order valence-electron chi connectivity index (χ3n) is 5.29. The molecule has 0 spiro atoms. The number of aromatic nitrogens is 3. The van der Waals surface area contributed by atoms with Crippen molar-refractivity contribution in [2.45, 2.75) is 38.3 Å². The van der Waals surface area contributed by atoms with E-state index in [9.17, 15) is 23.1 Å². The summed E-state index contributed by atoms with van der Waals surface area (Å²) in [7, 11) is 1.25. The molecule has 1 aliphatic carbocycles. The van der Waals surface area contributed by atoms with E-state index in [0.717, 1.165) is 0 Å². The molecule has 1 aromatic heterocycles. The maximum atomic E-state index is 12.5. The molecule has 7 nitrogen and oxygen atoms in total. The van der Waals surface area contributed by atoms with Crippen molar-refractivity contribution in [1.82, 2.24) is 14.8 Å². The molecule has 10 heteroatoms. The van der Waals surface area contributed by atoms with E-state index in [4.69, 9.17) is 4.74 Å². The third-order valence-corrected chi connectivity index (χ3v) is 5.29. The lowest BCUT2D eigenvalue weighted by molar-refractivity contribution is -0.274. The maximum absolute atomic E-state index is 12.5. The lowest BCUT2D eigenvalue weighted by atomic mass is 9.74. The average Bonchev–Trinajstić information content (AvgIpc) is 3.24. The summed E-state index contributed by atoms with van der Waals surface area (Å²) >= 11 is 0. The van der Waals surface area contributed by atoms with E-state index in [1.165, 1.54) is 48.7 Å². The number of carbonyl (C=O) groups excluding carboxylic acids is 1.